The molecule has 0 aliphatic carbocycles. The van der Waals surface area contributed by atoms with Crippen LogP contribution in [0.3, 0.4) is 0 Å². The minimum atomic E-state index is -0.330. The summed E-state index contributed by atoms with van der Waals surface area (Å²) in [6, 6.07) is 19.8. The number of nitrogens with one attached hydrogen (secondary N) is 1. The number of fused-ring (bicyclic) bond motifs is 1. The summed E-state index contributed by atoms with van der Waals surface area (Å²) in [6.45, 7) is 7.25. The lowest BCUT2D eigenvalue weighted by Gasteiger charge is -2.41. The standard InChI is InChI=1S/C32H40N2O5/c1-21(2)39-31-19-26-25(18-30(31)38-6)14-15-34(22(3)32(35)33-20-23-10-8-7-9-11-23)27(26)16-24-12-13-28(36-4)29(17-24)37-5/h7-13,17-19,21-22,27H,14-16,20H2,1-6H3,(H,33,35). The highest BCUT2D eigenvalue weighted by Crippen LogP contribution is 2.41. The zero-order chi connectivity index (χ0) is 27.9. The summed E-state index contributed by atoms with van der Waals surface area (Å²) in [7, 11) is 4.95. The van der Waals surface area contributed by atoms with Gasteiger partial charge in [0.25, 0.3) is 0 Å². The molecule has 39 heavy (non-hydrogen) atoms. The highest BCUT2D eigenvalue weighted by atomic mass is 16.5. The average molecular weight is 533 g/mol. The summed E-state index contributed by atoms with van der Waals surface area (Å²) < 4.78 is 22.8. The predicted molar refractivity (Wildman–Crippen MR) is 153 cm³/mol. The van der Waals surface area contributed by atoms with Gasteiger partial charge in [0.2, 0.25) is 5.91 Å². The van der Waals surface area contributed by atoms with E-state index in [9.17, 15) is 4.79 Å². The van der Waals surface area contributed by atoms with Gasteiger partial charge in [0.15, 0.2) is 23.0 Å². The van der Waals surface area contributed by atoms with E-state index >= 15 is 0 Å². The van der Waals surface area contributed by atoms with E-state index in [0.717, 1.165) is 35.4 Å². The van der Waals surface area contributed by atoms with Gasteiger partial charge in [-0.15, -0.1) is 0 Å². The van der Waals surface area contributed by atoms with Crippen molar-refractivity contribution in [3.8, 4) is 23.0 Å². The Morgan fingerprint density at radius 2 is 1.56 bits per heavy atom. The summed E-state index contributed by atoms with van der Waals surface area (Å²) in [5, 5.41) is 3.13. The normalized spacial score (nSPS) is 15.8. The maximum absolute atomic E-state index is 13.4. The number of hydrogen-bond donors (Lipinski definition) is 1. The molecule has 1 amide bonds. The number of methoxy groups -OCH3 is 3. The van der Waals surface area contributed by atoms with E-state index < -0.39 is 0 Å². The lowest BCUT2D eigenvalue weighted by atomic mass is 9.87. The van der Waals surface area contributed by atoms with Gasteiger partial charge in [0, 0.05) is 19.1 Å². The molecule has 1 heterocycles. The first kappa shape index (κ1) is 28.3. The number of carbonyl (C=O) groups is 1. The second-order valence-corrected chi connectivity index (χ2v) is 10.1. The van der Waals surface area contributed by atoms with E-state index in [1.54, 1.807) is 21.3 Å². The number of rotatable bonds is 11. The third-order valence-electron chi connectivity index (χ3n) is 7.25. The Hall–Kier alpha value is -3.71. The summed E-state index contributed by atoms with van der Waals surface area (Å²) in [5.41, 5.74) is 4.53. The van der Waals surface area contributed by atoms with Crippen LogP contribution in [0.15, 0.2) is 60.7 Å². The third kappa shape index (κ3) is 6.66. The molecule has 1 aliphatic heterocycles. The molecule has 0 spiro atoms. The average Bonchev–Trinajstić information content (AvgIpc) is 2.95. The SMILES string of the molecule is COc1ccc(CC2c3cc(OC(C)C)c(OC)cc3CCN2C(C)C(=O)NCc2ccccc2)cc1OC. The van der Waals surface area contributed by atoms with Crippen molar-refractivity contribution in [3.63, 3.8) is 0 Å². The molecule has 4 rings (SSSR count). The van der Waals surface area contributed by atoms with Gasteiger partial charge in [0.05, 0.1) is 33.5 Å². The van der Waals surface area contributed by atoms with Crippen LogP contribution in [-0.4, -0.2) is 50.8 Å². The molecule has 0 radical (unpaired) electrons. The molecule has 0 aromatic heterocycles. The van der Waals surface area contributed by atoms with E-state index in [2.05, 4.69) is 28.4 Å². The second kappa shape index (κ2) is 12.9. The van der Waals surface area contributed by atoms with Gasteiger partial charge < -0.3 is 24.3 Å². The van der Waals surface area contributed by atoms with Gasteiger partial charge in [-0.2, -0.15) is 0 Å². The van der Waals surface area contributed by atoms with Crippen molar-refractivity contribution in [2.45, 2.75) is 58.3 Å². The van der Waals surface area contributed by atoms with Crippen LogP contribution in [0.2, 0.25) is 0 Å². The Kier molecular flexibility index (Phi) is 9.36. The minimum Gasteiger partial charge on any atom is -0.493 e. The predicted octanol–water partition coefficient (Wildman–Crippen LogP) is 5.35. The third-order valence-corrected chi connectivity index (χ3v) is 7.25. The van der Waals surface area contributed by atoms with Crippen LogP contribution >= 0.6 is 0 Å². The number of benzene rings is 3. The van der Waals surface area contributed by atoms with Gasteiger partial charge in [-0.3, -0.25) is 9.69 Å². The van der Waals surface area contributed by atoms with Crippen LogP contribution in [0.5, 0.6) is 23.0 Å². The molecule has 1 N–H and O–H groups in total. The maximum Gasteiger partial charge on any atom is 0.237 e. The van der Waals surface area contributed by atoms with Crippen molar-refractivity contribution >= 4 is 5.91 Å². The van der Waals surface area contributed by atoms with E-state index in [1.165, 1.54) is 5.56 Å². The number of ether oxygens (including phenoxy) is 4. The largest absolute Gasteiger partial charge is 0.493 e. The molecular formula is C32H40N2O5. The van der Waals surface area contributed by atoms with Crippen LogP contribution in [0.4, 0.5) is 0 Å². The first-order valence-electron chi connectivity index (χ1n) is 13.5. The van der Waals surface area contributed by atoms with E-state index in [4.69, 9.17) is 18.9 Å². The van der Waals surface area contributed by atoms with Crippen LogP contribution in [0.1, 0.15) is 49.1 Å². The zero-order valence-corrected chi connectivity index (χ0v) is 23.8. The molecule has 0 saturated heterocycles. The number of carbonyl (C=O) groups excluding carboxylic acids is 1. The fourth-order valence-corrected chi connectivity index (χ4v) is 5.24. The van der Waals surface area contributed by atoms with Crippen molar-refractivity contribution in [1.29, 1.82) is 0 Å². The number of nitrogens with zero attached hydrogens (tertiary/aromatic N) is 1. The van der Waals surface area contributed by atoms with E-state index in [0.29, 0.717) is 30.2 Å². The van der Waals surface area contributed by atoms with Crippen molar-refractivity contribution in [3.05, 3.63) is 82.9 Å². The Balaban J connectivity index is 1.68. The molecule has 0 bridgehead atoms. The van der Waals surface area contributed by atoms with Crippen molar-refractivity contribution in [2.24, 2.45) is 0 Å². The summed E-state index contributed by atoms with van der Waals surface area (Å²) in [4.78, 5) is 15.7. The molecule has 7 nitrogen and oxygen atoms in total. The van der Waals surface area contributed by atoms with Gasteiger partial charge in [-0.05, 0) is 80.1 Å². The summed E-state index contributed by atoms with van der Waals surface area (Å²) >= 11 is 0. The van der Waals surface area contributed by atoms with E-state index in [-0.39, 0.29) is 24.1 Å². The molecule has 3 aromatic rings. The van der Waals surface area contributed by atoms with E-state index in [1.807, 2.05) is 63.2 Å². The first-order valence-corrected chi connectivity index (χ1v) is 13.5. The van der Waals surface area contributed by atoms with Crippen LogP contribution in [0, 0.1) is 0 Å². The molecule has 0 fully saturated rings. The topological polar surface area (TPSA) is 69.3 Å². The smallest absolute Gasteiger partial charge is 0.237 e. The Morgan fingerprint density at radius 3 is 2.23 bits per heavy atom. The van der Waals surface area contributed by atoms with Gasteiger partial charge in [-0.1, -0.05) is 36.4 Å². The maximum atomic E-state index is 13.4. The lowest BCUT2D eigenvalue weighted by Crippen LogP contribution is -2.49. The molecular weight excluding hydrogens is 492 g/mol. The van der Waals surface area contributed by atoms with Crippen LogP contribution in [0.25, 0.3) is 0 Å². The molecule has 1 aliphatic rings. The number of hydrogen-bond acceptors (Lipinski definition) is 6. The quantitative estimate of drug-likeness (QED) is 0.359. The van der Waals surface area contributed by atoms with Crippen molar-refractivity contribution in [1.82, 2.24) is 10.2 Å². The highest BCUT2D eigenvalue weighted by Gasteiger charge is 2.35. The molecule has 3 aromatic carbocycles. The second-order valence-electron chi connectivity index (χ2n) is 10.1. The molecule has 7 heteroatoms. The minimum absolute atomic E-state index is 0.00336. The summed E-state index contributed by atoms with van der Waals surface area (Å²) in [5.74, 6) is 2.82. The molecule has 0 saturated carbocycles. The first-order chi connectivity index (χ1) is 18.8. The number of amides is 1. The zero-order valence-electron chi connectivity index (χ0n) is 23.8. The highest BCUT2D eigenvalue weighted by molar-refractivity contribution is 5.81. The molecule has 208 valence electrons. The molecule has 2 unspecified atom stereocenters. The lowest BCUT2D eigenvalue weighted by molar-refractivity contribution is -0.127. The van der Waals surface area contributed by atoms with Crippen molar-refractivity contribution in [2.75, 3.05) is 27.9 Å². The van der Waals surface area contributed by atoms with Gasteiger partial charge >= 0.3 is 0 Å². The van der Waals surface area contributed by atoms with Crippen LogP contribution in [-0.2, 0) is 24.2 Å². The summed E-state index contributed by atoms with van der Waals surface area (Å²) in [6.07, 6.45) is 1.51. The monoisotopic (exact) mass is 532 g/mol. The Bertz CT molecular complexity index is 1260. The fraction of sp³-hybridized carbons (Fsp3) is 0.406. The fourth-order valence-electron chi connectivity index (χ4n) is 5.24. The Labute approximate surface area is 232 Å². The van der Waals surface area contributed by atoms with Gasteiger partial charge in [-0.25, -0.2) is 0 Å². The Morgan fingerprint density at radius 1 is 0.872 bits per heavy atom. The molecule has 2 atom stereocenters. The van der Waals surface area contributed by atoms with Crippen molar-refractivity contribution < 1.29 is 23.7 Å². The van der Waals surface area contributed by atoms with Gasteiger partial charge in [0.1, 0.15) is 0 Å². The van der Waals surface area contributed by atoms with Crippen LogP contribution < -0.4 is 24.3 Å².